The van der Waals surface area contributed by atoms with Crippen LogP contribution in [0.4, 0.5) is 0 Å². The first-order chi connectivity index (χ1) is 7.18. The van der Waals surface area contributed by atoms with E-state index in [1.54, 1.807) is 0 Å². The molecule has 1 saturated carbocycles. The summed E-state index contributed by atoms with van der Waals surface area (Å²) in [5.74, 6) is 0.119. The van der Waals surface area contributed by atoms with Crippen molar-refractivity contribution in [2.45, 2.75) is 44.8 Å². The van der Waals surface area contributed by atoms with E-state index in [2.05, 4.69) is 5.32 Å². The zero-order valence-corrected chi connectivity index (χ0v) is 9.29. The third-order valence-electron chi connectivity index (χ3n) is 3.61. The molecule has 0 bridgehead atoms. The highest BCUT2D eigenvalue weighted by Crippen LogP contribution is 2.44. The Hall–Kier alpha value is -0.610. The topological polar surface area (TPSA) is 64.4 Å². The number of amides is 1. The van der Waals surface area contributed by atoms with Gasteiger partial charge in [0.25, 0.3) is 0 Å². The second-order valence-electron chi connectivity index (χ2n) is 4.80. The number of hydrogen-bond acceptors (Lipinski definition) is 3. The molecule has 1 amide bonds. The van der Waals surface area contributed by atoms with Crippen molar-refractivity contribution in [1.82, 2.24) is 5.32 Å². The summed E-state index contributed by atoms with van der Waals surface area (Å²) in [5, 5.41) is 3.03. The fraction of sp³-hybridized carbons (Fsp3) is 0.909. The van der Waals surface area contributed by atoms with E-state index in [0.29, 0.717) is 6.54 Å². The van der Waals surface area contributed by atoms with Crippen molar-refractivity contribution in [2.75, 3.05) is 13.2 Å². The van der Waals surface area contributed by atoms with Gasteiger partial charge in [0.05, 0.1) is 17.6 Å². The average Bonchev–Trinajstić information content (AvgIpc) is 2.84. The molecular weight excluding hydrogens is 192 g/mol. The molecule has 0 spiro atoms. The predicted molar refractivity (Wildman–Crippen MR) is 57.3 cm³/mol. The van der Waals surface area contributed by atoms with E-state index in [4.69, 9.17) is 10.5 Å². The molecule has 1 saturated heterocycles. The van der Waals surface area contributed by atoms with Crippen molar-refractivity contribution in [3.63, 3.8) is 0 Å². The van der Waals surface area contributed by atoms with Gasteiger partial charge in [-0.15, -0.1) is 0 Å². The highest BCUT2D eigenvalue weighted by molar-refractivity contribution is 5.85. The molecule has 2 fully saturated rings. The quantitative estimate of drug-likeness (QED) is 0.709. The van der Waals surface area contributed by atoms with E-state index in [-0.39, 0.29) is 23.5 Å². The normalized spacial score (nSPS) is 29.9. The van der Waals surface area contributed by atoms with Crippen LogP contribution < -0.4 is 11.1 Å². The smallest absolute Gasteiger partial charge is 0.227 e. The van der Waals surface area contributed by atoms with Gasteiger partial charge in [-0.1, -0.05) is 0 Å². The third-order valence-corrected chi connectivity index (χ3v) is 3.61. The minimum Gasteiger partial charge on any atom is -0.376 e. The Morgan fingerprint density at radius 3 is 2.87 bits per heavy atom. The lowest BCUT2D eigenvalue weighted by Gasteiger charge is -2.22. The van der Waals surface area contributed by atoms with Crippen molar-refractivity contribution in [2.24, 2.45) is 11.1 Å². The monoisotopic (exact) mass is 212 g/mol. The Kier molecular flexibility index (Phi) is 2.98. The first-order valence-electron chi connectivity index (χ1n) is 5.81. The summed E-state index contributed by atoms with van der Waals surface area (Å²) in [7, 11) is 0. The molecule has 1 heterocycles. The molecule has 0 aromatic carbocycles. The van der Waals surface area contributed by atoms with E-state index in [9.17, 15) is 4.79 Å². The second-order valence-corrected chi connectivity index (χ2v) is 4.80. The molecule has 2 aliphatic rings. The van der Waals surface area contributed by atoms with Crippen molar-refractivity contribution in [3.05, 3.63) is 0 Å². The zero-order valence-electron chi connectivity index (χ0n) is 9.29. The summed E-state index contributed by atoms with van der Waals surface area (Å²) in [5.41, 5.74) is 5.36. The van der Waals surface area contributed by atoms with Crippen LogP contribution in [0.15, 0.2) is 0 Å². The van der Waals surface area contributed by atoms with Crippen LogP contribution in [0.5, 0.6) is 0 Å². The molecule has 4 heteroatoms. The highest BCUT2D eigenvalue weighted by atomic mass is 16.5. The SMILES string of the molecule is CC(NC(=O)C1(CN)CC1)C1CCCO1. The summed E-state index contributed by atoms with van der Waals surface area (Å²) in [4.78, 5) is 11.9. The van der Waals surface area contributed by atoms with E-state index < -0.39 is 0 Å². The van der Waals surface area contributed by atoms with Crippen molar-refractivity contribution < 1.29 is 9.53 Å². The Balaban J connectivity index is 1.83. The van der Waals surface area contributed by atoms with Gasteiger partial charge in [-0.3, -0.25) is 4.79 Å². The summed E-state index contributed by atoms with van der Waals surface area (Å²) in [6.45, 7) is 3.31. The van der Waals surface area contributed by atoms with Gasteiger partial charge in [-0.2, -0.15) is 0 Å². The van der Waals surface area contributed by atoms with Crippen molar-refractivity contribution in [1.29, 1.82) is 0 Å². The molecule has 15 heavy (non-hydrogen) atoms. The molecule has 3 N–H and O–H groups in total. The van der Waals surface area contributed by atoms with Gasteiger partial charge in [0.2, 0.25) is 5.91 Å². The van der Waals surface area contributed by atoms with Crippen LogP contribution in [0.2, 0.25) is 0 Å². The molecule has 4 nitrogen and oxygen atoms in total. The van der Waals surface area contributed by atoms with E-state index in [1.807, 2.05) is 6.92 Å². The van der Waals surface area contributed by atoms with Gasteiger partial charge in [-0.25, -0.2) is 0 Å². The molecule has 1 aliphatic heterocycles. The van der Waals surface area contributed by atoms with Crippen LogP contribution in [-0.2, 0) is 9.53 Å². The van der Waals surface area contributed by atoms with Crippen molar-refractivity contribution >= 4 is 5.91 Å². The molecule has 2 atom stereocenters. The molecule has 1 aliphatic carbocycles. The lowest BCUT2D eigenvalue weighted by molar-refractivity contribution is -0.127. The lowest BCUT2D eigenvalue weighted by Crippen LogP contribution is -2.46. The number of rotatable bonds is 4. The third kappa shape index (κ3) is 2.16. The lowest BCUT2D eigenvalue weighted by atomic mass is 10.0. The van der Waals surface area contributed by atoms with Gasteiger partial charge in [0.1, 0.15) is 0 Å². The number of nitrogens with two attached hydrogens (primary N) is 1. The van der Waals surface area contributed by atoms with Crippen molar-refractivity contribution in [3.8, 4) is 0 Å². The number of ether oxygens (including phenoxy) is 1. The Morgan fingerprint density at radius 2 is 2.40 bits per heavy atom. The van der Waals surface area contributed by atoms with Gasteiger partial charge in [0, 0.05) is 13.2 Å². The minimum atomic E-state index is -0.243. The summed E-state index contributed by atoms with van der Waals surface area (Å²) >= 11 is 0. The maximum Gasteiger partial charge on any atom is 0.227 e. The molecule has 0 radical (unpaired) electrons. The first kappa shape index (κ1) is 10.9. The molecule has 2 unspecified atom stereocenters. The zero-order chi connectivity index (χ0) is 10.9. The van der Waals surface area contributed by atoms with Gasteiger partial charge in [0.15, 0.2) is 0 Å². The van der Waals surface area contributed by atoms with Gasteiger partial charge < -0.3 is 15.8 Å². The van der Waals surface area contributed by atoms with E-state index >= 15 is 0 Å². The first-order valence-corrected chi connectivity index (χ1v) is 5.81. The van der Waals surface area contributed by atoms with E-state index in [1.165, 1.54) is 0 Å². The molecular formula is C11H20N2O2. The van der Waals surface area contributed by atoms with Gasteiger partial charge in [-0.05, 0) is 32.6 Å². The molecule has 86 valence electrons. The molecule has 0 aromatic heterocycles. The fourth-order valence-corrected chi connectivity index (χ4v) is 2.12. The summed E-state index contributed by atoms with van der Waals surface area (Å²) in [6, 6.07) is 0.115. The van der Waals surface area contributed by atoms with Crippen LogP contribution in [0, 0.1) is 5.41 Å². The number of carbonyl (C=O) groups is 1. The highest BCUT2D eigenvalue weighted by Gasteiger charge is 2.49. The summed E-state index contributed by atoms with van der Waals surface area (Å²) in [6.07, 6.45) is 4.23. The minimum absolute atomic E-state index is 0.115. The predicted octanol–water partition coefficient (Wildman–Crippen LogP) is 0.409. The van der Waals surface area contributed by atoms with E-state index in [0.717, 1.165) is 32.3 Å². The Labute approximate surface area is 90.5 Å². The van der Waals surface area contributed by atoms with Crippen LogP contribution in [-0.4, -0.2) is 31.2 Å². The number of carbonyl (C=O) groups excluding carboxylic acids is 1. The molecule has 0 aromatic rings. The number of hydrogen-bond donors (Lipinski definition) is 2. The number of nitrogens with one attached hydrogen (secondary N) is 1. The van der Waals surface area contributed by atoms with Crippen LogP contribution >= 0.6 is 0 Å². The Morgan fingerprint density at radius 1 is 1.67 bits per heavy atom. The maximum absolute atomic E-state index is 11.9. The average molecular weight is 212 g/mol. The summed E-state index contributed by atoms with van der Waals surface area (Å²) < 4.78 is 5.54. The van der Waals surface area contributed by atoms with Gasteiger partial charge >= 0.3 is 0 Å². The van der Waals surface area contributed by atoms with Crippen LogP contribution in [0.3, 0.4) is 0 Å². The van der Waals surface area contributed by atoms with Crippen LogP contribution in [0.1, 0.15) is 32.6 Å². The maximum atomic E-state index is 11.9. The standard InChI is InChI=1S/C11H20N2O2/c1-8(9-3-2-6-15-9)13-10(14)11(7-12)4-5-11/h8-9H,2-7,12H2,1H3,(H,13,14). The molecule has 2 rings (SSSR count). The van der Waals surface area contributed by atoms with Crippen LogP contribution in [0.25, 0.3) is 0 Å². The fourth-order valence-electron chi connectivity index (χ4n) is 2.12. The second kappa shape index (κ2) is 4.10. The largest absolute Gasteiger partial charge is 0.376 e. The Bertz CT molecular complexity index is 245.